The van der Waals surface area contributed by atoms with E-state index in [-0.39, 0.29) is 5.69 Å². The highest BCUT2D eigenvalue weighted by Gasteiger charge is 2.06. The van der Waals surface area contributed by atoms with Gasteiger partial charge in [-0.05, 0) is 17.2 Å². The molecule has 0 unspecified atom stereocenters. The Morgan fingerprint density at radius 3 is 2.43 bits per heavy atom. The number of benzene rings is 1. The second-order valence-corrected chi connectivity index (χ2v) is 2.97. The zero-order valence-corrected chi connectivity index (χ0v) is 7.40. The molecule has 0 atom stereocenters. The van der Waals surface area contributed by atoms with E-state index in [2.05, 4.69) is 4.98 Å². The summed E-state index contributed by atoms with van der Waals surface area (Å²) in [5, 5.41) is 8.71. The smallest absolute Gasteiger partial charge is 0.352 e. The van der Waals surface area contributed by atoms with Gasteiger partial charge in [-0.2, -0.15) is 0 Å². The maximum atomic E-state index is 10.6. The van der Waals surface area contributed by atoms with Crippen molar-refractivity contribution in [2.75, 3.05) is 0 Å². The summed E-state index contributed by atoms with van der Waals surface area (Å²) in [6.07, 6.45) is 1.69. The Morgan fingerprint density at radius 1 is 1.14 bits per heavy atom. The molecule has 3 nitrogen and oxygen atoms in total. The van der Waals surface area contributed by atoms with Gasteiger partial charge in [0.2, 0.25) is 0 Å². The van der Waals surface area contributed by atoms with E-state index in [1.807, 2.05) is 30.3 Å². The van der Waals surface area contributed by atoms with Crippen LogP contribution in [0.5, 0.6) is 0 Å². The lowest BCUT2D eigenvalue weighted by Crippen LogP contribution is -1.94. The molecule has 0 radical (unpaired) electrons. The van der Waals surface area contributed by atoms with E-state index >= 15 is 0 Å². The molecule has 0 spiro atoms. The fraction of sp³-hybridized carbons (Fsp3) is 0. The van der Waals surface area contributed by atoms with Crippen LogP contribution in [-0.4, -0.2) is 16.1 Å². The lowest BCUT2D eigenvalue weighted by atomic mass is 10.1. The monoisotopic (exact) mass is 187 g/mol. The van der Waals surface area contributed by atoms with Crippen LogP contribution in [0.15, 0.2) is 42.6 Å². The van der Waals surface area contributed by atoms with Gasteiger partial charge in [0.05, 0.1) is 0 Å². The summed E-state index contributed by atoms with van der Waals surface area (Å²) in [5.74, 6) is -0.938. The summed E-state index contributed by atoms with van der Waals surface area (Å²) in [6, 6.07) is 11.3. The van der Waals surface area contributed by atoms with Gasteiger partial charge in [0.1, 0.15) is 5.69 Å². The summed E-state index contributed by atoms with van der Waals surface area (Å²) in [5.41, 5.74) is 2.11. The van der Waals surface area contributed by atoms with Crippen molar-refractivity contribution in [3.63, 3.8) is 0 Å². The first-order valence-corrected chi connectivity index (χ1v) is 4.24. The lowest BCUT2D eigenvalue weighted by Gasteiger charge is -1.93. The molecule has 1 aromatic heterocycles. The van der Waals surface area contributed by atoms with E-state index in [9.17, 15) is 4.79 Å². The zero-order chi connectivity index (χ0) is 9.97. The molecule has 1 heterocycles. The number of nitrogens with one attached hydrogen (secondary N) is 1. The van der Waals surface area contributed by atoms with Crippen molar-refractivity contribution < 1.29 is 9.90 Å². The SMILES string of the molecule is O=C(O)c1cc(-c2ccccc2)c[nH]1. The minimum Gasteiger partial charge on any atom is -0.477 e. The largest absolute Gasteiger partial charge is 0.477 e. The molecule has 3 heteroatoms. The maximum absolute atomic E-state index is 10.6. The van der Waals surface area contributed by atoms with Crippen LogP contribution in [-0.2, 0) is 0 Å². The van der Waals surface area contributed by atoms with Gasteiger partial charge in [-0.25, -0.2) is 4.79 Å². The fourth-order valence-electron chi connectivity index (χ4n) is 1.32. The van der Waals surface area contributed by atoms with Crippen molar-refractivity contribution in [1.29, 1.82) is 0 Å². The van der Waals surface area contributed by atoms with Crippen LogP contribution in [0.2, 0.25) is 0 Å². The third-order valence-corrected chi connectivity index (χ3v) is 2.02. The molecule has 2 N–H and O–H groups in total. The summed E-state index contributed by atoms with van der Waals surface area (Å²) in [6.45, 7) is 0. The van der Waals surface area contributed by atoms with Crippen molar-refractivity contribution in [1.82, 2.24) is 4.98 Å². The van der Waals surface area contributed by atoms with Crippen LogP contribution < -0.4 is 0 Å². The van der Waals surface area contributed by atoms with Gasteiger partial charge in [-0.15, -0.1) is 0 Å². The van der Waals surface area contributed by atoms with E-state index in [0.29, 0.717) is 0 Å². The van der Waals surface area contributed by atoms with E-state index in [1.165, 1.54) is 0 Å². The molecule has 0 saturated heterocycles. The van der Waals surface area contributed by atoms with E-state index in [4.69, 9.17) is 5.11 Å². The van der Waals surface area contributed by atoms with Crippen LogP contribution in [0.4, 0.5) is 0 Å². The number of aromatic carboxylic acids is 1. The number of carboxylic acid groups (broad SMARTS) is 1. The number of carbonyl (C=O) groups is 1. The molecule has 0 amide bonds. The van der Waals surface area contributed by atoms with Crippen LogP contribution in [0.25, 0.3) is 11.1 Å². The zero-order valence-electron chi connectivity index (χ0n) is 7.40. The molecule has 2 rings (SSSR count). The lowest BCUT2D eigenvalue weighted by molar-refractivity contribution is 0.0691. The summed E-state index contributed by atoms with van der Waals surface area (Å²) in [4.78, 5) is 13.3. The Balaban J connectivity index is 2.39. The Labute approximate surface area is 81.0 Å². The molecule has 0 aliphatic rings. The van der Waals surface area contributed by atoms with Crippen molar-refractivity contribution in [2.24, 2.45) is 0 Å². The Bertz CT molecular complexity index is 445. The highest BCUT2D eigenvalue weighted by molar-refractivity contribution is 5.87. The molecule has 0 bridgehead atoms. The van der Waals surface area contributed by atoms with Gasteiger partial charge >= 0.3 is 5.97 Å². The topological polar surface area (TPSA) is 53.1 Å². The predicted molar refractivity (Wildman–Crippen MR) is 53.2 cm³/mol. The minimum absolute atomic E-state index is 0.212. The number of hydrogen-bond donors (Lipinski definition) is 2. The molecule has 2 aromatic rings. The van der Waals surface area contributed by atoms with E-state index in [0.717, 1.165) is 11.1 Å². The molecular formula is C11H9NO2. The van der Waals surface area contributed by atoms with Crippen LogP contribution >= 0.6 is 0 Å². The normalized spacial score (nSPS) is 10.0. The second kappa shape index (κ2) is 3.38. The van der Waals surface area contributed by atoms with Crippen molar-refractivity contribution in [3.05, 3.63) is 48.3 Å². The molecule has 0 aliphatic carbocycles. The fourth-order valence-corrected chi connectivity index (χ4v) is 1.32. The van der Waals surface area contributed by atoms with Gasteiger partial charge < -0.3 is 10.1 Å². The third kappa shape index (κ3) is 1.52. The maximum Gasteiger partial charge on any atom is 0.352 e. The van der Waals surface area contributed by atoms with Crippen LogP contribution in [0, 0.1) is 0 Å². The second-order valence-electron chi connectivity index (χ2n) is 2.97. The summed E-state index contributed by atoms with van der Waals surface area (Å²) < 4.78 is 0. The van der Waals surface area contributed by atoms with Gasteiger partial charge in [-0.1, -0.05) is 30.3 Å². The molecular weight excluding hydrogens is 178 g/mol. The van der Waals surface area contributed by atoms with Crippen molar-refractivity contribution >= 4 is 5.97 Å². The first-order chi connectivity index (χ1) is 6.77. The van der Waals surface area contributed by atoms with Crippen LogP contribution in [0.3, 0.4) is 0 Å². The summed E-state index contributed by atoms with van der Waals surface area (Å²) >= 11 is 0. The Hall–Kier alpha value is -2.03. The first-order valence-electron chi connectivity index (χ1n) is 4.24. The number of aromatic amines is 1. The summed E-state index contributed by atoms with van der Waals surface area (Å²) in [7, 11) is 0. The standard InChI is InChI=1S/C11H9NO2/c13-11(14)10-6-9(7-12-10)8-4-2-1-3-5-8/h1-7,12H,(H,13,14). The highest BCUT2D eigenvalue weighted by atomic mass is 16.4. The molecule has 1 aromatic carbocycles. The van der Waals surface area contributed by atoms with Gasteiger partial charge in [0.25, 0.3) is 0 Å². The molecule has 0 aliphatic heterocycles. The van der Waals surface area contributed by atoms with Crippen LogP contribution in [0.1, 0.15) is 10.5 Å². The van der Waals surface area contributed by atoms with Gasteiger partial charge in [0, 0.05) is 6.20 Å². The number of hydrogen-bond acceptors (Lipinski definition) is 1. The van der Waals surface area contributed by atoms with Crippen molar-refractivity contribution in [3.8, 4) is 11.1 Å². The number of aromatic nitrogens is 1. The van der Waals surface area contributed by atoms with E-state index < -0.39 is 5.97 Å². The average Bonchev–Trinajstić information content (AvgIpc) is 2.68. The first kappa shape index (κ1) is 8.56. The third-order valence-electron chi connectivity index (χ3n) is 2.02. The molecule has 0 saturated carbocycles. The minimum atomic E-state index is -0.938. The van der Waals surface area contributed by atoms with Gasteiger partial charge in [0.15, 0.2) is 0 Å². The van der Waals surface area contributed by atoms with Gasteiger partial charge in [-0.3, -0.25) is 0 Å². The average molecular weight is 187 g/mol. The van der Waals surface area contributed by atoms with Crippen molar-refractivity contribution in [2.45, 2.75) is 0 Å². The quantitative estimate of drug-likeness (QED) is 0.758. The molecule has 14 heavy (non-hydrogen) atoms. The predicted octanol–water partition coefficient (Wildman–Crippen LogP) is 2.38. The molecule has 70 valence electrons. The number of rotatable bonds is 2. The van der Waals surface area contributed by atoms with E-state index in [1.54, 1.807) is 12.3 Å². The number of carboxylic acids is 1. The number of H-pyrrole nitrogens is 1. The Morgan fingerprint density at radius 2 is 1.86 bits per heavy atom. The molecule has 0 fully saturated rings. The Kier molecular flexibility index (Phi) is 2.07. The highest BCUT2D eigenvalue weighted by Crippen LogP contribution is 2.19.